The average Bonchev–Trinajstić information content (AvgIpc) is 2.92. The molecule has 1 heterocycles. The van der Waals surface area contributed by atoms with E-state index < -0.39 is 0 Å². The Morgan fingerprint density at radius 1 is 1.08 bits per heavy atom. The van der Waals surface area contributed by atoms with Crippen molar-refractivity contribution in [2.45, 2.75) is 76.9 Å². The zero-order valence-electron chi connectivity index (χ0n) is 15.2. The second kappa shape index (κ2) is 5.70. The van der Waals surface area contributed by atoms with Crippen molar-refractivity contribution in [1.82, 2.24) is 4.90 Å². The molecule has 3 saturated carbocycles. The number of carbonyl (C=O) groups excluding carboxylic acids is 1. The van der Waals surface area contributed by atoms with Crippen LogP contribution in [0.1, 0.15) is 65.2 Å². The smallest absolute Gasteiger partial charge is 0.248 e. The van der Waals surface area contributed by atoms with E-state index in [0.717, 1.165) is 44.1 Å². The topological polar surface area (TPSA) is 60.8 Å². The lowest BCUT2D eigenvalue weighted by Gasteiger charge is -2.60. The summed E-state index contributed by atoms with van der Waals surface area (Å²) in [5.41, 5.74) is 0.343. The highest BCUT2D eigenvalue weighted by atomic mass is 16.3. The van der Waals surface area contributed by atoms with Gasteiger partial charge >= 0.3 is 0 Å². The predicted molar refractivity (Wildman–Crippen MR) is 92.2 cm³/mol. The third-order valence-electron chi connectivity index (χ3n) is 8.71. The van der Waals surface area contributed by atoms with Gasteiger partial charge in [-0.2, -0.15) is 0 Å². The molecular formula is C20H33NO3. The van der Waals surface area contributed by atoms with E-state index in [0.29, 0.717) is 17.3 Å². The zero-order valence-corrected chi connectivity index (χ0v) is 15.2. The highest BCUT2D eigenvalue weighted by molar-refractivity contribution is 5.78. The van der Waals surface area contributed by atoms with Crippen molar-refractivity contribution >= 4 is 5.91 Å². The molecule has 0 unspecified atom stereocenters. The van der Waals surface area contributed by atoms with Crippen molar-refractivity contribution in [2.75, 3.05) is 13.2 Å². The van der Waals surface area contributed by atoms with Crippen LogP contribution in [0.15, 0.2) is 0 Å². The number of aliphatic hydroxyl groups excluding tert-OH is 2. The van der Waals surface area contributed by atoms with Crippen LogP contribution in [0.2, 0.25) is 0 Å². The molecule has 1 amide bonds. The van der Waals surface area contributed by atoms with Gasteiger partial charge < -0.3 is 15.1 Å². The Morgan fingerprint density at radius 3 is 2.62 bits per heavy atom. The highest BCUT2D eigenvalue weighted by Gasteiger charge is 2.60. The first kappa shape index (κ1) is 16.8. The molecule has 4 heteroatoms. The summed E-state index contributed by atoms with van der Waals surface area (Å²) in [7, 11) is 0. The van der Waals surface area contributed by atoms with Gasteiger partial charge in [-0.1, -0.05) is 6.92 Å². The van der Waals surface area contributed by atoms with Crippen LogP contribution in [0.5, 0.6) is 0 Å². The Bertz CT molecular complexity index is 523. The quantitative estimate of drug-likeness (QED) is 0.774. The summed E-state index contributed by atoms with van der Waals surface area (Å²) >= 11 is 0. The second-order valence-corrected chi connectivity index (χ2v) is 9.47. The Morgan fingerprint density at radius 2 is 1.88 bits per heavy atom. The van der Waals surface area contributed by atoms with Crippen molar-refractivity contribution in [1.29, 1.82) is 0 Å². The van der Waals surface area contributed by atoms with Gasteiger partial charge in [-0.3, -0.25) is 4.79 Å². The fourth-order valence-electron chi connectivity index (χ4n) is 7.42. The largest absolute Gasteiger partial charge is 0.393 e. The summed E-state index contributed by atoms with van der Waals surface area (Å²) < 4.78 is 0. The summed E-state index contributed by atoms with van der Waals surface area (Å²) in [6, 6.07) is 0. The molecule has 0 radical (unpaired) electrons. The molecule has 3 aliphatic carbocycles. The Kier molecular flexibility index (Phi) is 4.00. The molecule has 0 aromatic heterocycles. The van der Waals surface area contributed by atoms with Crippen LogP contribution in [-0.2, 0) is 4.79 Å². The number of fused-ring (bicyclic) bond motifs is 5. The fourth-order valence-corrected chi connectivity index (χ4v) is 7.42. The van der Waals surface area contributed by atoms with Gasteiger partial charge in [0.1, 0.15) is 6.61 Å². The van der Waals surface area contributed by atoms with Gasteiger partial charge in [0, 0.05) is 12.1 Å². The van der Waals surface area contributed by atoms with Crippen molar-refractivity contribution in [3.8, 4) is 0 Å². The molecule has 7 atom stereocenters. The van der Waals surface area contributed by atoms with Gasteiger partial charge in [0.2, 0.25) is 5.91 Å². The van der Waals surface area contributed by atoms with Gasteiger partial charge in [-0.15, -0.1) is 0 Å². The number of carbonyl (C=O) groups is 1. The van der Waals surface area contributed by atoms with Crippen molar-refractivity contribution < 1.29 is 15.0 Å². The van der Waals surface area contributed by atoms with E-state index in [1.807, 2.05) is 4.90 Å². The number of amides is 1. The second-order valence-electron chi connectivity index (χ2n) is 9.47. The first-order chi connectivity index (χ1) is 11.4. The lowest BCUT2D eigenvalue weighted by atomic mass is 9.46. The van der Waals surface area contributed by atoms with Crippen LogP contribution in [-0.4, -0.2) is 45.8 Å². The van der Waals surface area contributed by atoms with Crippen LogP contribution in [0.4, 0.5) is 0 Å². The molecule has 0 aromatic rings. The molecule has 0 bridgehead atoms. The number of likely N-dealkylation sites (tertiary alicyclic amines) is 1. The molecule has 4 aliphatic rings. The van der Waals surface area contributed by atoms with E-state index in [9.17, 15) is 15.0 Å². The van der Waals surface area contributed by atoms with Crippen molar-refractivity contribution in [2.24, 2.45) is 29.1 Å². The third-order valence-corrected chi connectivity index (χ3v) is 8.71. The minimum absolute atomic E-state index is 0.0433. The molecule has 136 valence electrons. The minimum Gasteiger partial charge on any atom is -0.393 e. The fraction of sp³-hybridized carbons (Fsp3) is 0.950. The van der Waals surface area contributed by atoms with E-state index in [4.69, 9.17) is 0 Å². The first-order valence-electron chi connectivity index (χ1n) is 9.99. The zero-order chi connectivity index (χ0) is 17.1. The van der Waals surface area contributed by atoms with E-state index >= 15 is 0 Å². The van der Waals surface area contributed by atoms with E-state index in [2.05, 4.69) is 13.8 Å². The SMILES string of the molecule is C[C@]12CC[C@@H](O)C[C@@H]1CC[C@@H]1[C@@H]2CC[C@@]2(C)[C@H]1CCN2C(=O)CO. The van der Waals surface area contributed by atoms with Gasteiger partial charge in [0.15, 0.2) is 0 Å². The number of aliphatic hydroxyl groups is 2. The molecule has 4 rings (SSSR count). The molecule has 0 spiro atoms. The summed E-state index contributed by atoms with van der Waals surface area (Å²) in [4.78, 5) is 14.2. The minimum atomic E-state index is -0.353. The Balaban J connectivity index is 1.60. The molecule has 2 N–H and O–H groups in total. The maximum atomic E-state index is 12.2. The van der Waals surface area contributed by atoms with Crippen LogP contribution in [0.3, 0.4) is 0 Å². The van der Waals surface area contributed by atoms with Gasteiger partial charge in [-0.25, -0.2) is 0 Å². The van der Waals surface area contributed by atoms with Crippen LogP contribution in [0.25, 0.3) is 0 Å². The maximum Gasteiger partial charge on any atom is 0.248 e. The normalized spacial score (nSPS) is 50.8. The molecule has 4 nitrogen and oxygen atoms in total. The monoisotopic (exact) mass is 335 g/mol. The van der Waals surface area contributed by atoms with E-state index in [1.165, 1.54) is 25.7 Å². The Labute approximate surface area is 145 Å². The number of hydrogen-bond donors (Lipinski definition) is 2. The van der Waals surface area contributed by atoms with Gasteiger partial charge in [0.25, 0.3) is 0 Å². The van der Waals surface area contributed by atoms with Gasteiger partial charge in [-0.05, 0) is 87.4 Å². The van der Waals surface area contributed by atoms with Crippen molar-refractivity contribution in [3.63, 3.8) is 0 Å². The standard InChI is InChI=1S/C20H33NO3/c1-19-8-5-14(23)11-13(19)3-4-15-16(19)6-9-20(2)17(15)7-10-21(20)18(24)12-22/h13-17,22-23H,3-12H2,1-2H3/t13-,14+,15+,16-,17-,19-,20-/m0/s1. The molecule has 1 aliphatic heterocycles. The first-order valence-corrected chi connectivity index (χ1v) is 9.99. The number of nitrogens with zero attached hydrogens (tertiary/aromatic N) is 1. The number of hydrogen-bond acceptors (Lipinski definition) is 3. The molecule has 24 heavy (non-hydrogen) atoms. The maximum absolute atomic E-state index is 12.2. The highest BCUT2D eigenvalue weighted by Crippen LogP contribution is 2.63. The lowest BCUT2D eigenvalue weighted by Crippen LogP contribution is -2.59. The number of rotatable bonds is 1. The average molecular weight is 335 g/mol. The molecule has 1 saturated heterocycles. The van der Waals surface area contributed by atoms with Gasteiger partial charge in [0.05, 0.1) is 6.10 Å². The van der Waals surface area contributed by atoms with E-state index in [-0.39, 0.29) is 24.2 Å². The van der Waals surface area contributed by atoms with Crippen molar-refractivity contribution in [3.05, 3.63) is 0 Å². The van der Waals surface area contributed by atoms with Crippen LogP contribution < -0.4 is 0 Å². The summed E-state index contributed by atoms with van der Waals surface area (Å²) in [5, 5.41) is 19.4. The van der Waals surface area contributed by atoms with Crippen LogP contribution in [0, 0.1) is 29.1 Å². The third kappa shape index (κ3) is 2.21. The summed E-state index contributed by atoms with van der Waals surface area (Å²) in [6.07, 6.45) is 8.94. The molecular weight excluding hydrogens is 302 g/mol. The molecule has 4 fully saturated rings. The lowest BCUT2D eigenvalue weighted by molar-refractivity contribution is -0.148. The van der Waals surface area contributed by atoms with Crippen LogP contribution >= 0.6 is 0 Å². The van der Waals surface area contributed by atoms with E-state index in [1.54, 1.807) is 0 Å². The summed E-state index contributed by atoms with van der Waals surface area (Å²) in [5.74, 6) is 2.67. The Hall–Kier alpha value is -0.610. The molecule has 0 aromatic carbocycles. The predicted octanol–water partition coefficient (Wildman–Crippen LogP) is 2.57. The summed E-state index contributed by atoms with van der Waals surface area (Å²) in [6.45, 7) is 5.23.